The quantitative estimate of drug-likeness (QED) is 0.583. The number of halogens is 1. The van der Waals surface area contributed by atoms with Crippen molar-refractivity contribution in [3.63, 3.8) is 0 Å². The molecule has 1 saturated heterocycles. The predicted octanol–water partition coefficient (Wildman–Crippen LogP) is 3.19. The van der Waals surface area contributed by atoms with Crippen LogP contribution in [-0.2, 0) is 9.59 Å². The average Bonchev–Trinajstić information content (AvgIpc) is 2.63. The summed E-state index contributed by atoms with van der Waals surface area (Å²) in [5.74, 6) is -0.536. The highest BCUT2D eigenvalue weighted by Gasteiger charge is 2.48. The first-order chi connectivity index (χ1) is 9.08. The Morgan fingerprint density at radius 2 is 1.74 bits per heavy atom. The number of rotatable bonds is 1. The molecular weight excluding hydrogens is 262 g/mol. The molecule has 1 aromatic rings. The minimum Gasteiger partial charge on any atom is -0.274 e. The lowest BCUT2D eigenvalue weighted by Gasteiger charge is -2.18. The number of imide groups is 1. The number of benzene rings is 1. The fraction of sp³-hybridized carbons (Fsp3) is 0.333. The zero-order valence-electron chi connectivity index (χ0n) is 10.6. The van der Waals surface area contributed by atoms with Gasteiger partial charge in [0.25, 0.3) is 0 Å². The van der Waals surface area contributed by atoms with Crippen molar-refractivity contribution in [2.24, 2.45) is 11.8 Å². The van der Waals surface area contributed by atoms with E-state index in [0.717, 1.165) is 0 Å². The Balaban J connectivity index is 1.95. The van der Waals surface area contributed by atoms with Gasteiger partial charge in [-0.3, -0.25) is 14.5 Å². The van der Waals surface area contributed by atoms with Gasteiger partial charge in [-0.2, -0.15) is 0 Å². The van der Waals surface area contributed by atoms with Gasteiger partial charge < -0.3 is 0 Å². The van der Waals surface area contributed by atoms with Gasteiger partial charge in [0.15, 0.2) is 0 Å². The molecule has 4 heteroatoms. The fourth-order valence-corrected chi connectivity index (χ4v) is 3.01. The SMILES string of the molecule is CC1=CCC2C(=O)N(c3ccc(Cl)cc3)C(=O)C2C1. The predicted molar refractivity (Wildman–Crippen MR) is 73.9 cm³/mol. The second-order valence-electron chi connectivity index (χ2n) is 5.19. The average molecular weight is 276 g/mol. The summed E-state index contributed by atoms with van der Waals surface area (Å²) < 4.78 is 0. The Morgan fingerprint density at radius 3 is 2.42 bits per heavy atom. The smallest absolute Gasteiger partial charge is 0.238 e. The normalized spacial score (nSPS) is 26.4. The maximum absolute atomic E-state index is 12.4. The molecule has 0 spiro atoms. The second kappa shape index (κ2) is 4.49. The highest BCUT2D eigenvalue weighted by molar-refractivity contribution is 6.30. The molecule has 0 N–H and O–H groups in total. The zero-order chi connectivity index (χ0) is 13.6. The molecule has 2 amide bonds. The molecule has 0 aromatic heterocycles. The van der Waals surface area contributed by atoms with Crippen LogP contribution in [0.4, 0.5) is 5.69 Å². The van der Waals surface area contributed by atoms with Crippen LogP contribution >= 0.6 is 11.6 Å². The van der Waals surface area contributed by atoms with Crippen molar-refractivity contribution in [1.82, 2.24) is 0 Å². The van der Waals surface area contributed by atoms with Crippen LogP contribution < -0.4 is 4.90 Å². The van der Waals surface area contributed by atoms with Gasteiger partial charge >= 0.3 is 0 Å². The van der Waals surface area contributed by atoms with Crippen LogP contribution in [0.5, 0.6) is 0 Å². The number of nitrogens with zero attached hydrogens (tertiary/aromatic N) is 1. The van der Waals surface area contributed by atoms with E-state index in [1.165, 1.54) is 10.5 Å². The standard InChI is InChI=1S/C15H14ClNO2/c1-9-2-7-12-13(8-9)15(19)17(14(12)18)11-5-3-10(16)4-6-11/h2-6,12-13H,7-8H2,1H3. The summed E-state index contributed by atoms with van der Waals surface area (Å²) in [6.07, 6.45) is 3.43. The lowest BCUT2D eigenvalue weighted by Crippen LogP contribution is -2.30. The topological polar surface area (TPSA) is 37.4 Å². The fourth-order valence-electron chi connectivity index (χ4n) is 2.88. The number of anilines is 1. The summed E-state index contributed by atoms with van der Waals surface area (Å²) in [6, 6.07) is 6.83. The first-order valence-electron chi connectivity index (χ1n) is 6.37. The zero-order valence-corrected chi connectivity index (χ0v) is 11.4. The molecule has 1 fully saturated rings. The van der Waals surface area contributed by atoms with E-state index in [-0.39, 0.29) is 23.7 Å². The van der Waals surface area contributed by atoms with E-state index in [9.17, 15) is 9.59 Å². The summed E-state index contributed by atoms with van der Waals surface area (Å²) in [4.78, 5) is 26.1. The minimum atomic E-state index is -0.188. The number of hydrogen-bond acceptors (Lipinski definition) is 2. The molecule has 0 saturated carbocycles. The molecule has 98 valence electrons. The molecule has 3 nitrogen and oxygen atoms in total. The second-order valence-corrected chi connectivity index (χ2v) is 5.63. The number of carbonyl (C=O) groups is 2. The lowest BCUT2D eigenvalue weighted by atomic mass is 9.82. The van der Waals surface area contributed by atoms with Gasteiger partial charge in [0.2, 0.25) is 11.8 Å². The lowest BCUT2D eigenvalue weighted by molar-refractivity contribution is -0.122. The number of fused-ring (bicyclic) bond motifs is 1. The molecule has 19 heavy (non-hydrogen) atoms. The molecule has 1 heterocycles. The van der Waals surface area contributed by atoms with Gasteiger partial charge in [-0.25, -0.2) is 0 Å². The third-order valence-electron chi connectivity index (χ3n) is 3.91. The summed E-state index contributed by atoms with van der Waals surface area (Å²) >= 11 is 5.84. The Morgan fingerprint density at radius 1 is 1.11 bits per heavy atom. The van der Waals surface area contributed by atoms with E-state index in [1.807, 2.05) is 6.92 Å². The maximum atomic E-state index is 12.4. The van der Waals surface area contributed by atoms with E-state index in [0.29, 0.717) is 23.6 Å². The van der Waals surface area contributed by atoms with Crippen molar-refractivity contribution in [2.75, 3.05) is 4.90 Å². The maximum Gasteiger partial charge on any atom is 0.238 e. The van der Waals surface area contributed by atoms with Gasteiger partial charge in [-0.05, 0) is 44.0 Å². The molecule has 1 aromatic carbocycles. The van der Waals surface area contributed by atoms with Gasteiger partial charge in [0.05, 0.1) is 17.5 Å². The van der Waals surface area contributed by atoms with Crippen LogP contribution in [0.25, 0.3) is 0 Å². The molecule has 0 bridgehead atoms. The van der Waals surface area contributed by atoms with Crippen molar-refractivity contribution in [3.8, 4) is 0 Å². The van der Waals surface area contributed by atoms with Gasteiger partial charge in [0, 0.05) is 5.02 Å². The van der Waals surface area contributed by atoms with E-state index in [1.54, 1.807) is 24.3 Å². The van der Waals surface area contributed by atoms with Crippen LogP contribution in [0.15, 0.2) is 35.9 Å². The van der Waals surface area contributed by atoms with Crippen molar-refractivity contribution >= 4 is 29.1 Å². The Labute approximate surface area is 116 Å². The van der Waals surface area contributed by atoms with Gasteiger partial charge in [-0.15, -0.1) is 0 Å². The van der Waals surface area contributed by atoms with Crippen LogP contribution in [0.3, 0.4) is 0 Å². The Bertz CT molecular complexity index is 576. The van der Waals surface area contributed by atoms with Crippen LogP contribution in [-0.4, -0.2) is 11.8 Å². The molecule has 0 radical (unpaired) electrons. The third kappa shape index (κ3) is 1.98. The summed E-state index contributed by atoms with van der Waals surface area (Å²) in [5, 5.41) is 0.595. The van der Waals surface area contributed by atoms with Crippen LogP contribution in [0.2, 0.25) is 5.02 Å². The molecule has 2 atom stereocenters. The molecule has 1 aliphatic heterocycles. The van der Waals surface area contributed by atoms with Crippen molar-refractivity contribution in [3.05, 3.63) is 40.9 Å². The highest BCUT2D eigenvalue weighted by atomic mass is 35.5. The third-order valence-corrected chi connectivity index (χ3v) is 4.16. The largest absolute Gasteiger partial charge is 0.274 e. The first kappa shape index (κ1) is 12.4. The number of amides is 2. The number of hydrogen-bond donors (Lipinski definition) is 0. The highest BCUT2D eigenvalue weighted by Crippen LogP contribution is 2.39. The number of carbonyl (C=O) groups excluding carboxylic acids is 2. The van der Waals surface area contributed by atoms with E-state index in [2.05, 4.69) is 6.08 Å². The summed E-state index contributed by atoms with van der Waals surface area (Å²) in [6.45, 7) is 2.01. The van der Waals surface area contributed by atoms with E-state index >= 15 is 0 Å². The molecular formula is C15H14ClNO2. The molecule has 3 rings (SSSR count). The van der Waals surface area contributed by atoms with E-state index in [4.69, 9.17) is 11.6 Å². The van der Waals surface area contributed by atoms with Crippen molar-refractivity contribution in [1.29, 1.82) is 0 Å². The van der Waals surface area contributed by atoms with Crippen molar-refractivity contribution in [2.45, 2.75) is 19.8 Å². The van der Waals surface area contributed by atoms with E-state index < -0.39 is 0 Å². The summed E-state index contributed by atoms with van der Waals surface area (Å²) in [5.41, 5.74) is 1.81. The molecule has 1 aliphatic carbocycles. The molecule has 2 unspecified atom stereocenters. The Hall–Kier alpha value is -1.61. The van der Waals surface area contributed by atoms with Gasteiger partial charge in [-0.1, -0.05) is 23.3 Å². The minimum absolute atomic E-state index is 0.0789. The van der Waals surface area contributed by atoms with Crippen LogP contribution in [0.1, 0.15) is 19.8 Å². The Kier molecular flexibility index (Phi) is 2.94. The van der Waals surface area contributed by atoms with Crippen LogP contribution in [0, 0.1) is 11.8 Å². The monoisotopic (exact) mass is 275 g/mol. The number of allylic oxidation sites excluding steroid dienone is 2. The molecule has 2 aliphatic rings. The first-order valence-corrected chi connectivity index (χ1v) is 6.75. The van der Waals surface area contributed by atoms with Gasteiger partial charge in [0.1, 0.15) is 0 Å². The van der Waals surface area contributed by atoms with Crippen molar-refractivity contribution < 1.29 is 9.59 Å². The summed E-state index contributed by atoms with van der Waals surface area (Å²) in [7, 11) is 0.